The zero-order valence-corrected chi connectivity index (χ0v) is 16.5. The highest BCUT2D eigenvalue weighted by molar-refractivity contribution is 6.02. The minimum absolute atomic E-state index is 0.0280. The summed E-state index contributed by atoms with van der Waals surface area (Å²) in [4.78, 5) is 33.4. The van der Waals surface area contributed by atoms with E-state index in [0.29, 0.717) is 29.3 Å². The first-order valence-corrected chi connectivity index (χ1v) is 9.75. The number of rotatable bonds is 7. The van der Waals surface area contributed by atoms with Gasteiger partial charge in [-0.15, -0.1) is 0 Å². The molecule has 0 aliphatic carbocycles. The van der Waals surface area contributed by atoms with Crippen molar-refractivity contribution in [3.05, 3.63) is 51.8 Å². The summed E-state index contributed by atoms with van der Waals surface area (Å²) in [5.41, 5.74) is 1.27. The molecule has 2 aliphatic rings. The number of imide groups is 1. The van der Waals surface area contributed by atoms with Crippen LogP contribution in [0, 0.1) is 10.1 Å². The fourth-order valence-corrected chi connectivity index (χ4v) is 3.23. The van der Waals surface area contributed by atoms with Gasteiger partial charge in [-0.25, -0.2) is 9.80 Å². The van der Waals surface area contributed by atoms with Gasteiger partial charge in [0.1, 0.15) is 12.3 Å². The van der Waals surface area contributed by atoms with Crippen LogP contribution in [0.15, 0.2) is 39.9 Å². The zero-order valence-electron chi connectivity index (χ0n) is 16.5. The van der Waals surface area contributed by atoms with Crippen molar-refractivity contribution in [1.82, 2.24) is 10.3 Å². The maximum absolute atomic E-state index is 11.7. The number of non-ortho nitro benzene ring substituents is 1. The van der Waals surface area contributed by atoms with Crippen LogP contribution in [0.4, 0.5) is 10.5 Å². The lowest BCUT2D eigenvalue weighted by Gasteiger charge is -2.22. The average molecular weight is 428 g/mol. The number of amides is 3. The van der Waals surface area contributed by atoms with Crippen LogP contribution >= 0.6 is 0 Å². The number of hydrogen-bond donors (Lipinski definition) is 1. The molecule has 3 heterocycles. The first-order valence-electron chi connectivity index (χ1n) is 9.75. The maximum atomic E-state index is 11.7. The number of carbonyl (C=O) groups is 2. The number of hydrazone groups is 1. The Hall–Kier alpha value is -3.57. The fraction of sp³-hybridized carbons (Fsp3) is 0.350. The fourth-order valence-electron chi connectivity index (χ4n) is 3.23. The number of hydrogen-bond acceptors (Lipinski definition) is 8. The minimum Gasteiger partial charge on any atom is -0.455 e. The second kappa shape index (κ2) is 9.06. The maximum Gasteiger partial charge on any atom is 0.344 e. The number of nitro benzene ring substituents is 1. The third-order valence-corrected chi connectivity index (χ3v) is 4.86. The van der Waals surface area contributed by atoms with Gasteiger partial charge in [0.15, 0.2) is 12.1 Å². The molecule has 1 N–H and O–H groups in total. The minimum atomic E-state index is -0.614. The summed E-state index contributed by atoms with van der Waals surface area (Å²) >= 11 is 0. The van der Waals surface area contributed by atoms with Crippen molar-refractivity contribution in [2.24, 2.45) is 5.10 Å². The van der Waals surface area contributed by atoms with Gasteiger partial charge in [0, 0.05) is 29.9 Å². The van der Waals surface area contributed by atoms with Gasteiger partial charge in [-0.1, -0.05) is 0 Å². The molecule has 0 bridgehead atoms. The molecule has 3 amide bonds. The van der Waals surface area contributed by atoms with Gasteiger partial charge in [-0.2, -0.15) is 5.10 Å². The number of ether oxygens (including phenoxy) is 2. The third-order valence-electron chi connectivity index (χ3n) is 4.86. The summed E-state index contributed by atoms with van der Waals surface area (Å²) in [6.07, 6.45) is 3.86. The molecule has 11 nitrogen and oxygen atoms in total. The van der Waals surface area contributed by atoms with E-state index in [0.717, 1.165) is 24.3 Å². The van der Waals surface area contributed by atoms with Crippen LogP contribution in [-0.4, -0.2) is 47.5 Å². The predicted octanol–water partition coefficient (Wildman–Crippen LogP) is 2.78. The molecule has 0 saturated carbocycles. The molecule has 0 spiro atoms. The molecule has 2 fully saturated rings. The van der Waals surface area contributed by atoms with Crippen molar-refractivity contribution >= 4 is 23.8 Å². The number of nitrogens with one attached hydrogen (secondary N) is 1. The second-order valence-corrected chi connectivity index (χ2v) is 7.07. The first-order chi connectivity index (χ1) is 15.0. The first kappa shape index (κ1) is 20.7. The Labute approximate surface area is 176 Å². The Bertz CT molecular complexity index is 1010. The largest absolute Gasteiger partial charge is 0.455 e. The highest BCUT2D eigenvalue weighted by atomic mass is 16.7. The molecular weight excluding hydrogens is 408 g/mol. The number of urea groups is 1. The molecular formula is C20H20N4O7. The quantitative estimate of drug-likeness (QED) is 0.310. The van der Waals surface area contributed by atoms with Crippen molar-refractivity contribution in [2.75, 3.05) is 13.2 Å². The summed E-state index contributed by atoms with van der Waals surface area (Å²) in [5, 5.41) is 18.0. The molecule has 2 saturated heterocycles. The number of furan rings is 1. The van der Waals surface area contributed by atoms with E-state index in [1.807, 2.05) is 0 Å². The van der Waals surface area contributed by atoms with Crippen LogP contribution in [0.1, 0.15) is 30.6 Å². The van der Waals surface area contributed by atoms with Crippen molar-refractivity contribution in [3.63, 3.8) is 0 Å². The van der Waals surface area contributed by atoms with Gasteiger partial charge in [-0.05, 0) is 37.5 Å². The summed E-state index contributed by atoms with van der Waals surface area (Å²) in [7, 11) is 0. The van der Waals surface area contributed by atoms with Crippen molar-refractivity contribution < 1.29 is 28.4 Å². The van der Waals surface area contributed by atoms with Crippen molar-refractivity contribution in [2.45, 2.75) is 32.2 Å². The van der Waals surface area contributed by atoms with Gasteiger partial charge in [0.05, 0.1) is 17.7 Å². The van der Waals surface area contributed by atoms with Gasteiger partial charge >= 0.3 is 6.03 Å². The van der Waals surface area contributed by atoms with E-state index in [4.69, 9.17) is 13.9 Å². The van der Waals surface area contributed by atoms with Gasteiger partial charge in [-0.3, -0.25) is 20.2 Å². The summed E-state index contributed by atoms with van der Waals surface area (Å²) < 4.78 is 17.3. The predicted molar refractivity (Wildman–Crippen MR) is 107 cm³/mol. The molecule has 1 aromatic carbocycles. The van der Waals surface area contributed by atoms with E-state index in [1.54, 1.807) is 18.2 Å². The number of nitrogens with zero attached hydrogens (tertiary/aromatic N) is 3. The number of nitro groups is 1. The van der Waals surface area contributed by atoms with Crippen LogP contribution in [0.5, 0.6) is 0 Å². The Morgan fingerprint density at radius 1 is 1.29 bits per heavy atom. The SMILES string of the molecule is O=C1CN(/N=C/c2oc(-c3ccc([N+](=O)[O-])cc3)cc2COC2CCCCO2)C(=O)N1. The Balaban J connectivity index is 1.56. The molecule has 1 unspecified atom stereocenters. The molecule has 2 aliphatic heterocycles. The highest BCUT2D eigenvalue weighted by Crippen LogP contribution is 2.28. The van der Waals surface area contributed by atoms with Crippen LogP contribution < -0.4 is 5.32 Å². The second-order valence-electron chi connectivity index (χ2n) is 7.07. The standard InChI is InChI=1S/C20H20N4O7/c25-18-11-23(20(26)22-18)21-10-17-14(12-30-19-3-1-2-8-29-19)9-16(31-17)13-4-6-15(7-5-13)24(27)28/h4-7,9-10,19H,1-3,8,11-12H2,(H,22,25,26)/b21-10+. The van der Waals surface area contributed by atoms with Crippen LogP contribution in [-0.2, 0) is 20.9 Å². The molecule has 11 heteroatoms. The molecule has 4 rings (SSSR count). The van der Waals surface area contributed by atoms with E-state index < -0.39 is 16.9 Å². The lowest BCUT2D eigenvalue weighted by Crippen LogP contribution is -2.24. The van der Waals surface area contributed by atoms with Gasteiger partial charge in [0.25, 0.3) is 5.69 Å². The molecule has 162 valence electrons. The topological polar surface area (TPSA) is 137 Å². The van der Waals surface area contributed by atoms with E-state index in [1.165, 1.54) is 18.3 Å². The summed E-state index contributed by atoms with van der Waals surface area (Å²) in [5.74, 6) is 0.365. The lowest BCUT2D eigenvalue weighted by molar-refractivity contribution is -0.384. The lowest BCUT2D eigenvalue weighted by atomic mass is 10.1. The van der Waals surface area contributed by atoms with E-state index in [9.17, 15) is 19.7 Å². The third kappa shape index (κ3) is 4.95. The monoisotopic (exact) mass is 428 g/mol. The van der Waals surface area contributed by atoms with Crippen LogP contribution in [0.2, 0.25) is 0 Å². The summed E-state index contributed by atoms with van der Waals surface area (Å²) in [6.45, 7) is 0.664. The molecule has 1 atom stereocenters. The normalized spacial score (nSPS) is 19.2. The van der Waals surface area contributed by atoms with E-state index in [2.05, 4.69) is 10.4 Å². The Morgan fingerprint density at radius 3 is 2.74 bits per heavy atom. The van der Waals surface area contributed by atoms with E-state index >= 15 is 0 Å². The Kier molecular flexibility index (Phi) is 6.05. The highest BCUT2D eigenvalue weighted by Gasteiger charge is 2.26. The van der Waals surface area contributed by atoms with Crippen LogP contribution in [0.25, 0.3) is 11.3 Å². The summed E-state index contributed by atoms with van der Waals surface area (Å²) in [6, 6.07) is 7.08. The smallest absolute Gasteiger partial charge is 0.344 e. The van der Waals surface area contributed by atoms with Crippen molar-refractivity contribution in [3.8, 4) is 11.3 Å². The molecule has 31 heavy (non-hydrogen) atoms. The van der Waals surface area contributed by atoms with Crippen LogP contribution in [0.3, 0.4) is 0 Å². The van der Waals surface area contributed by atoms with Gasteiger partial charge in [0.2, 0.25) is 5.91 Å². The molecule has 2 aromatic rings. The Morgan fingerprint density at radius 2 is 2.10 bits per heavy atom. The number of carbonyl (C=O) groups excluding carboxylic acids is 2. The van der Waals surface area contributed by atoms with E-state index in [-0.39, 0.29) is 25.1 Å². The molecule has 0 radical (unpaired) electrons. The number of benzene rings is 1. The average Bonchev–Trinajstić information content (AvgIpc) is 3.33. The zero-order chi connectivity index (χ0) is 21.8. The molecule has 1 aromatic heterocycles. The van der Waals surface area contributed by atoms with Gasteiger partial charge < -0.3 is 13.9 Å². The van der Waals surface area contributed by atoms with Crippen molar-refractivity contribution in [1.29, 1.82) is 0 Å².